The molecular formula is C17H17N5O2. The largest absolute Gasteiger partial charge is 0.349 e. The Morgan fingerprint density at radius 3 is 2.88 bits per heavy atom. The van der Waals surface area contributed by atoms with Crippen LogP contribution in [0.3, 0.4) is 0 Å². The molecule has 0 bridgehead atoms. The number of hydrogen-bond acceptors (Lipinski definition) is 5. The van der Waals surface area contributed by atoms with Gasteiger partial charge in [0.1, 0.15) is 5.52 Å². The molecule has 0 aliphatic rings. The molecule has 0 spiro atoms. The van der Waals surface area contributed by atoms with Crippen molar-refractivity contribution < 1.29 is 4.79 Å². The smallest absolute Gasteiger partial charge is 0.277 e. The fourth-order valence-corrected chi connectivity index (χ4v) is 2.41. The van der Waals surface area contributed by atoms with Crippen molar-refractivity contribution in [1.82, 2.24) is 25.3 Å². The predicted molar refractivity (Wildman–Crippen MR) is 89.2 cm³/mol. The number of hydrogen-bond donors (Lipinski definition) is 1. The average Bonchev–Trinajstić information content (AvgIpc) is 2.62. The van der Waals surface area contributed by atoms with Gasteiger partial charge >= 0.3 is 0 Å². The number of benzene rings is 1. The quantitative estimate of drug-likeness (QED) is 0.767. The van der Waals surface area contributed by atoms with Gasteiger partial charge in [0.15, 0.2) is 0 Å². The standard InChI is InChI=1S/C17H17N5O2/c1-12(13-5-4-9-18-11-13)19-16(23)8-10-22-17(24)14-6-2-3-7-15(14)20-21-22/h2-7,9,11-12H,8,10H2,1H3,(H,19,23). The van der Waals surface area contributed by atoms with E-state index in [0.29, 0.717) is 10.9 Å². The van der Waals surface area contributed by atoms with Crippen molar-refractivity contribution >= 4 is 16.8 Å². The highest BCUT2D eigenvalue weighted by Crippen LogP contribution is 2.10. The van der Waals surface area contributed by atoms with Gasteiger partial charge in [-0.05, 0) is 30.7 Å². The summed E-state index contributed by atoms with van der Waals surface area (Å²) in [5.74, 6) is -0.159. The van der Waals surface area contributed by atoms with Gasteiger partial charge in [-0.1, -0.05) is 23.4 Å². The molecular weight excluding hydrogens is 306 g/mol. The molecule has 3 aromatic rings. The van der Waals surface area contributed by atoms with E-state index in [0.717, 1.165) is 5.56 Å². The summed E-state index contributed by atoms with van der Waals surface area (Å²) in [6, 6.07) is 10.6. The zero-order chi connectivity index (χ0) is 16.9. The van der Waals surface area contributed by atoms with Gasteiger partial charge in [0.2, 0.25) is 5.91 Å². The SMILES string of the molecule is CC(NC(=O)CCn1nnc2ccccc2c1=O)c1cccnc1. The van der Waals surface area contributed by atoms with Gasteiger partial charge in [0.25, 0.3) is 5.56 Å². The van der Waals surface area contributed by atoms with Crippen molar-refractivity contribution in [1.29, 1.82) is 0 Å². The summed E-state index contributed by atoms with van der Waals surface area (Å²) < 4.78 is 1.22. The highest BCUT2D eigenvalue weighted by Gasteiger charge is 2.11. The van der Waals surface area contributed by atoms with E-state index in [1.54, 1.807) is 36.7 Å². The fourth-order valence-electron chi connectivity index (χ4n) is 2.41. The molecule has 0 saturated heterocycles. The molecule has 24 heavy (non-hydrogen) atoms. The Morgan fingerprint density at radius 1 is 1.25 bits per heavy atom. The maximum absolute atomic E-state index is 12.3. The zero-order valence-corrected chi connectivity index (χ0v) is 13.2. The van der Waals surface area contributed by atoms with E-state index in [4.69, 9.17) is 0 Å². The second-order valence-corrected chi connectivity index (χ2v) is 5.46. The molecule has 3 rings (SSSR count). The first-order valence-electron chi connectivity index (χ1n) is 7.67. The van der Waals surface area contributed by atoms with Gasteiger partial charge in [0.05, 0.1) is 18.0 Å². The lowest BCUT2D eigenvalue weighted by atomic mass is 10.1. The summed E-state index contributed by atoms with van der Waals surface area (Å²) >= 11 is 0. The van der Waals surface area contributed by atoms with Crippen LogP contribution in [0.5, 0.6) is 0 Å². The molecule has 0 fully saturated rings. The summed E-state index contributed by atoms with van der Waals surface area (Å²) in [4.78, 5) is 28.4. The number of carbonyl (C=O) groups excluding carboxylic acids is 1. The van der Waals surface area contributed by atoms with Crippen molar-refractivity contribution in [2.45, 2.75) is 25.9 Å². The molecule has 1 atom stereocenters. The highest BCUT2D eigenvalue weighted by molar-refractivity contribution is 5.77. The second-order valence-electron chi connectivity index (χ2n) is 5.46. The zero-order valence-electron chi connectivity index (χ0n) is 13.2. The Morgan fingerprint density at radius 2 is 2.08 bits per heavy atom. The molecule has 2 aromatic heterocycles. The molecule has 1 N–H and O–H groups in total. The van der Waals surface area contributed by atoms with Gasteiger partial charge in [0, 0.05) is 18.8 Å². The van der Waals surface area contributed by atoms with E-state index < -0.39 is 0 Å². The van der Waals surface area contributed by atoms with Crippen LogP contribution in [0.25, 0.3) is 10.9 Å². The van der Waals surface area contributed by atoms with E-state index in [2.05, 4.69) is 20.6 Å². The van der Waals surface area contributed by atoms with Crippen LogP contribution in [0.4, 0.5) is 0 Å². The maximum Gasteiger partial charge on any atom is 0.277 e. The van der Waals surface area contributed by atoms with Crippen molar-refractivity contribution in [2.24, 2.45) is 0 Å². The van der Waals surface area contributed by atoms with Crippen molar-refractivity contribution in [2.75, 3.05) is 0 Å². The number of pyridine rings is 1. The molecule has 0 aliphatic heterocycles. The number of amides is 1. The van der Waals surface area contributed by atoms with Gasteiger partial charge in [-0.3, -0.25) is 14.6 Å². The first kappa shape index (κ1) is 15.8. The molecule has 0 saturated carbocycles. The Hall–Kier alpha value is -3.09. The van der Waals surface area contributed by atoms with Crippen LogP contribution in [-0.4, -0.2) is 25.9 Å². The molecule has 1 amide bonds. The van der Waals surface area contributed by atoms with Crippen molar-refractivity contribution in [3.05, 3.63) is 64.7 Å². The van der Waals surface area contributed by atoms with Crippen molar-refractivity contribution in [3.63, 3.8) is 0 Å². The highest BCUT2D eigenvalue weighted by atomic mass is 16.2. The van der Waals surface area contributed by atoms with Gasteiger partial charge in [-0.25, -0.2) is 4.68 Å². The van der Waals surface area contributed by atoms with E-state index >= 15 is 0 Å². The topological polar surface area (TPSA) is 89.8 Å². The minimum absolute atomic E-state index is 0.148. The van der Waals surface area contributed by atoms with E-state index in [9.17, 15) is 9.59 Å². The first-order chi connectivity index (χ1) is 11.6. The molecule has 2 heterocycles. The number of aromatic nitrogens is 4. The van der Waals surface area contributed by atoms with E-state index in [-0.39, 0.29) is 30.5 Å². The fraction of sp³-hybridized carbons (Fsp3) is 0.235. The van der Waals surface area contributed by atoms with Gasteiger partial charge in [-0.2, -0.15) is 0 Å². The monoisotopic (exact) mass is 323 g/mol. The van der Waals surface area contributed by atoms with Crippen LogP contribution < -0.4 is 10.9 Å². The minimum Gasteiger partial charge on any atom is -0.349 e. The predicted octanol–water partition coefficient (Wildman–Crippen LogP) is 1.45. The van der Waals surface area contributed by atoms with Gasteiger partial charge in [-0.15, -0.1) is 5.10 Å². The second kappa shape index (κ2) is 6.99. The third-order valence-corrected chi connectivity index (χ3v) is 3.74. The number of rotatable bonds is 5. The molecule has 7 nitrogen and oxygen atoms in total. The number of nitrogens with zero attached hydrogens (tertiary/aromatic N) is 4. The first-order valence-corrected chi connectivity index (χ1v) is 7.67. The summed E-state index contributed by atoms with van der Waals surface area (Å²) in [6.45, 7) is 2.07. The van der Waals surface area contributed by atoms with Crippen molar-refractivity contribution in [3.8, 4) is 0 Å². The summed E-state index contributed by atoms with van der Waals surface area (Å²) in [5.41, 5.74) is 1.23. The molecule has 1 unspecified atom stereocenters. The molecule has 0 radical (unpaired) electrons. The van der Waals surface area contributed by atoms with Gasteiger partial charge < -0.3 is 5.32 Å². The third-order valence-electron chi connectivity index (χ3n) is 3.74. The van der Waals surface area contributed by atoms with Crippen LogP contribution in [0.15, 0.2) is 53.6 Å². The summed E-state index contributed by atoms with van der Waals surface area (Å²) in [5, 5.41) is 11.3. The number of nitrogens with one attached hydrogen (secondary N) is 1. The Bertz CT molecular complexity index is 908. The Labute approximate surface area is 138 Å². The number of aryl methyl sites for hydroxylation is 1. The Kier molecular flexibility index (Phi) is 4.60. The van der Waals surface area contributed by atoms with Crippen LogP contribution in [0, 0.1) is 0 Å². The third kappa shape index (κ3) is 3.45. The molecule has 0 aliphatic carbocycles. The average molecular weight is 323 g/mol. The minimum atomic E-state index is -0.242. The Balaban J connectivity index is 1.64. The normalized spacial score (nSPS) is 12.0. The molecule has 122 valence electrons. The molecule has 7 heteroatoms. The number of carbonyl (C=O) groups is 1. The number of fused-ring (bicyclic) bond motifs is 1. The lowest BCUT2D eigenvalue weighted by Gasteiger charge is -2.13. The summed E-state index contributed by atoms with van der Waals surface area (Å²) in [6.07, 6.45) is 3.55. The van der Waals surface area contributed by atoms with Crippen LogP contribution >= 0.6 is 0 Å². The summed E-state index contributed by atoms with van der Waals surface area (Å²) in [7, 11) is 0. The van der Waals surface area contributed by atoms with Crippen LogP contribution in [0.2, 0.25) is 0 Å². The lowest BCUT2D eigenvalue weighted by molar-refractivity contribution is -0.122. The lowest BCUT2D eigenvalue weighted by Crippen LogP contribution is -2.30. The van der Waals surface area contributed by atoms with E-state index in [1.807, 2.05) is 19.1 Å². The van der Waals surface area contributed by atoms with Crippen LogP contribution in [0.1, 0.15) is 24.9 Å². The van der Waals surface area contributed by atoms with E-state index in [1.165, 1.54) is 4.68 Å². The van der Waals surface area contributed by atoms with Crippen LogP contribution in [-0.2, 0) is 11.3 Å². The molecule has 1 aromatic carbocycles. The maximum atomic E-state index is 12.3.